The molecule has 0 fully saturated rings. The second kappa shape index (κ2) is 9.46. The molecule has 4 N–H and O–H groups in total. The number of aliphatic carboxylic acids is 1. The summed E-state index contributed by atoms with van der Waals surface area (Å²) < 4.78 is 14.2. The topological polar surface area (TPSA) is 185 Å². The van der Waals surface area contributed by atoms with E-state index in [1.54, 1.807) is 0 Å². The maximum atomic E-state index is 13.0. The van der Waals surface area contributed by atoms with Crippen LogP contribution in [-0.2, 0) is 9.59 Å². The molecule has 0 saturated heterocycles. The zero-order valence-corrected chi connectivity index (χ0v) is 18.0. The van der Waals surface area contributed by atoms with Gasteiger partial charge < -0.3 is 30.4 Å². The van der Waals surface area contributed by atoms with Crippen LogP contribution >= 0.6 is 0 Å². The molecule has 0 spiro atoms. The summed E-state index contributed by atoms with van der Waals surface area (Å²) in [7, 11) is 0. The summed E-state index contributed by atoms with van der Waals surface area (Å²) in [6.07, 6.45) is 2.66. The molecule has 1 aliphatic heterocycles. The van der Waals surface area contributed by atoms with E-state index in [2.05, 4.69) is 20.9 Å². The summed E-state index contributed by atoms with van der Waals surface area (Å²) in [6.45, 7) is 0. The van der Waals surface area contributed by atoms with Crippen molar-refractivity contribution in [1.82, 2.24) is 4.57 Å². The quantitative estimate of drug-likeness (QED) is 0.229. The first-order valence-electron chi connectivity index (χ1n) is 10.1. The number of rotatable bonds is 6. The number of nitrogens with zero attached hydrogens (tertiary/aromatic N) is 3. The first-order valence-corrected chi connectivity index (χ1v) is 10.1. The van der Waals surface area contributed by atoms with E-state index in [0.29, 0.717) is 6.29 Å². The number of amides is 2. The number of hydrogen-bond acceptors (Lipinski definition) is 8. The Morgan fingerprint density at radius 2 is 1.92 bits per heavy atom. The average molecular weight is 494 g/mol. The number of carboxylic acids is 1. The first-order chi connectivity index (χ1) is 17.2. The van der Waals surface area contributed by atoms with E-state index in [0.717, 1.165) is 30.5 Å². The van der Waals surface area contributed by atoms with E-state index in [4.69, 9.17) is 0 Å². The van der Waals surface area contributed by atoms with Gasteiger partial charge in [0.15, 0.2) is 5.71 Å². The first kappa shape index (κ1) is 23.7. The van der Waals surface area contributed by atoms with Gasteiger partial charge in [-0.1, -0.05) is 0 Å². The molecule has 14 heteroatoms. The number of aldehydes is 1. The summed E-state index contributed by atoms with van der Waals surface area (Å²) >= 11 is 0. The molecule has 182 valence electrons. The van der Waals surface area contributed by atoms with Crippen LogP contribution < -0.4 is 21.4 Å². The number of aliphatic imine (C=N–C) groups is 1. The normalized spacial score (nSPS) is 14.0. The van der Waals surface area contributed by atoms with Crippen molar-refractivity contribution in [2.75, 3.05) is 16.0 Å². The van der Waals surface area contributed by atoms with Crippen LogP contribution in [0.5, 0.6) is 0 Å². The Morgan fingerprint density at radius 3 is 2.56 bits per heavy atom. The van der Waals surface area contributed by atoms with Gasteiger partial charge in [0, 0.05) is 30.2 Å². The fourth-order valence-corrected chi connectivity index (χ4v) is 3.39. The van der Waals surface area contributed by atoms with Crippen molar-refractivity contribution >= 4 is 52.4 Å². The van der Waals surface area contributed by atoms with E-state index in [-0.39, 0.29) is 28.4 Å². The number of fused-ring (bicyclic) bond motifs is 1. The van der Waals surface area contributed by atoms with Crippen molar-refractivity contribution < 1.29 is 28.8 Å². The molecule has 13 nitrogen and oxygen atoms in total. The molecule has 1 unspecified atom stereocenters. The Hall–Kier alpha value is -5.40. The lowest BCUT2D eigenvalue weighted by Gasteiger charge is -2.22. The highest BCUT2D eigenvalue weighted by atomic mass is 19.1. The van der Waals surface area contributed by atoms with Gasteiger partial charge in [-0.3, -0.25) is 14.9 Å². The number of pyridine rings is 1. The number of carboxylic acid groups (broad SMARTS) is 1. The lowest BCUT2D eigenvalue weighted by Crippen LogP contribution is -2.38. The van der Waals surface area contributed by atoms with E-state index in [9.17, 15) is 38.8 Å². The Kier molecular flexibility index (Phi) is 6.24. The summed E-state index contributed by atoms with van der Waals surface area (Å²) in [4.78, 5) is 62.3. The number of anilines is 3. The molecule has 4 rings (SSSR count). The number of halogens is 1. The lowest BCUT2D eigenvalue weighted by molar-refractivity contribution is -0.384. The smallest absolute Gasteiger partial charge is 0.352 e. The standard InChI is InChI=1S/C22H15FN6O7/c23-11-1-3-12(4-2-11)24-22(34)27-15-9-28(6-5-19(15)31)17-7-14-13(8-18(17)29(35)36)25-16(10-30)20(26-14)21(32)33/h1-10,16,25H,(H,32,33)(H2,24,27,34). The highest BCUT2D eigenvalue weighted by Crippen LogP contribution is 2.38. The molecule has 3 aromatic rings. The summed E-state index contributed by atoms with van der Waals surface area (Å²) in [5, 5.41) is 28.4. The molecular formula is C22H15FN6O7. The molecule has 2 amide bonds. The van der Waals surface area contributed by atoms with Crippen molar-refractivity contribution in [2.24, 2.45) is 4.99 Å². The number of benzene rings is 2. The molecule has 0 saturated carbocycles. The van der Waals surface area contributed by atoms with Crippen LogP contribution in [0, 0.1) is 15.9 Å². The third kappa shape index (κ3) is 4.77. The predicted octanol–water partition coefficient (Wildman–Crippen LogP) is 2.68. The van der Waals surface area contributed by atoms with Crippen molar-refractivity contribution in [1.29, 1.82) is 0 Å². The van der Waals surface area contributed by atoms with Gasteiger partial charge in [-0.05, 0) is 30.3 Å². The monoisotopic (exact) mass is 494 g/mol. The maximum absolute atomic E-state index is 13.0. The molecule has 1 aliphatic rings. The van der Waals surface area contributed by atoms with E-state index in [1.807, 2.05) is 0 Å². The summed E-state index contributed by atoms with van der Waals surface area (Å²) in [5.74, 6) is -1.96. The second-order valence-corrected chi connectivity index (χ2v) is 7.39. The third-order valence-corrected chi connectivity index (χ3v) is 5.04. The average Bonchev–Trinajstić information content (AvgIpc) is 2.85. The van der Waals surface area contributed by atoms with E-state index >= 15 is 0 Å². The number of nitrogens with one attached hydrogen (secondary N) is 3. The third-order valence-electron chi connectivity index (χ3n) is 5.04. The fraction of sp³-hybridized carbons (Fsp3) is 0.0455. The summed E-state index contributed by atoms with van der Waals surface area (Å²) in [6, 6.07) is 6.10. The van der Waals surface area contributed by atoms with Crippen molar-refractivity contribution in [3.05, 3.63) is 81.0 Å². The van der Waals surface area contributed by atoms with Crippen LogP contribution in [0.2, 0.25) is 0 Å². The molecule has 0 radical (unpaired) electrons. The highest BCUT2D eigenvalue weighted by Gasteiger charge is 2.30. The molecule has 1 aromatic heterocycles. The van der Waals surface area contributed by atoms with Crippen LogP contribution in [0.15, 0.2) is 64.6 Å². The Bertz CT molecular complexity index is 1500. The van der Waals surface area contributed by atoms with Gasteiger partial charge in [-0.15, -0.1) is 0 Å². The lowest BCUT2D eigenvalue weighted by atomic mass is 10.1. The largest absolute Gasteiger partial charge is 0.477 e. The zero-order chi connectivity index (χ0) is 26.0. The highest BCUT2D eigenvalue weighted by molar-refractivity contribution is 6.42. The van der Waals surface area contributed by atoms with E-state index < -0.39 is 45.6 Å². The van der Waals surface area contributed by atoms with Crippen molar-refractivity contribution in [3.63, 3.8) is 0 Å². The van der Waals surface area contributed by atoms with Gasteiger partial charge in [-0.2, -0.15) is 0 Å². The van der Waals surface area contributed by atoms with Gasteiger partial charge in [0.1, 0.15) is 29.5 Å². The maximum Gasteiger partial charge on any atom is 0.352 e. The molecule has 36 heavy (non-hydrogen) atoms. The minimum atomic E-state index is -1.45. The Balaban J connectivity index is 1.72. The van der Waals surface area contributed by atoms with Gasteiger partial charge >= 0.3 is 12.0 Å². The van der Waals surface area contributed by atoms with Crippen LogP contribution in [-0.4, -0.2) is 44.6 Å². The second-order valence-electron chi connectivity index (χ2n) is 7.39. The van der Waals surface area contributed by atoms with Crippen molar-refractivity contribution in [2.45, 2.75) is 6.04 Å². The summed E-state index contributed by atoms with van der Waals surface area (Å²) in [5.41, 5.74) is -1.58. The minimum absolute atomic E-state index is 0.00774. The molecule has 1 atom stereocenters. The molecular weight excluding hydrogens is 479 g/mol. The fourth-order valence-electron chi connectivity index (χ4n) is 3.39. The van der Waals surface area contributed by atoms with E-state index in [1.165, 1.54) is 29.0 Å². The number of hydrogen-bond donors (Lipinski definition) is 4. The number of nitro groups is 1. The van der Waals surface area contributed by atoms with Gasteiger partial charge in [0.05, 0.1) is 16.3 Å². The Morgan fingerprint density at radius 1 is 1.19 bits per heavy atom. The number of carbonyl (C=O) groups is 3. The zero-order valence-electron chi connectivity index (χ0n) is 18.0. The molecule has 0 bridgehead atoms. The molecule has 2 heterocycles. The SMILES string of the molecule is O=CC1Nc2cc([N+](=O)[O-])c(-n3ccc(=O)c(NC(=O)Nc4ccc(F)cc4)c3)cc2N=C1C(=O)O. The van der Waals surface area contributed by atoms with Gasteiger partial charge in [0.25, 0.3) is 5.69 Å². The molecule has 2 aromatic carbocycles. The van der Waals surface area contributed by atoms with Crippen LogP contribution in [0.25, 0.3) is 5.69 Å². The Labute approximate surface area is 200 Å². The van der Waals surface area contributed by atoms with Crippen LogP contribution in [0.1, 0.15) is 0 Å². The molecule has 0 aliphatic carbocycles. The van der Waals surface area contributed by atoms with Crippen LogP contribution in [0.4, 0.5) is 37.6 Å². The predicted molar refractivity (Wildman–Crippen MR) is 126 cm³/mol. The van der Waals surface area contributed by atoms with Gasteiger partial charge in [-0.25, -0.2) is 19.0 Å². The number of aromatic nitrogens is 1. The van der Waals surface area contributed by atoms with Gasteiger partial charge in [0.2, 0.25) is 5.43 Å². The number of urea groups is 1. The van der Waals surface area contributed by atoms with Crippen molar-refractivity contribution in [3.8, 4) is 5.69 Å². The minimum Gasteiger partial charge on any atom is -0.477 e. The van der Waals surface area contributed by atoms with Crippen LogP contribution in [0.3, 0.4) is 0 Å². The number of carbonyl (C=O) groups excluding carboxylic acids is 2. The number of nitro benzene ring substituents is 1.